The van der Waals surface area contributed by atoms with Crippen molar-refractivity contribution in [3.63, 3.8) is 0 Å². The second kappa shape index (κ2) is 7.61. The first kappa shape index (κ1) is 18.2. The lowest BCUT2D eigenvalue weighted by atomic mass is 9.87. The maximum atomic E-state index is 6.15. The molecule has 0 spiro atoms. The fourth-order valence-corrected chi connectivity index (χ4v) is 2.73. The highest BCUT2D eigenvalue weighted by Gasteiger charge is 2.16. The summed E-state index contributed by atoms with van der Waals surface area (Å²) in [6.45, 7) is 11.7. The first-order valence-electron chi connectivity index (χ1n) is 8.53. The lowest BCUT2D eigenvalue weighted by Crippen LogP contribution is -2.37. The van der Waals surface area contributed by atoms with E-state index in [2.05, 4.69) is 69.9 Å². The molecule has 1 atom stereocenters. The van der Waals surface area contributed by atoms with Crippen molar-refractivity contribution < 1.29 is 9.47 Å². The number of ether oxygens (including phenoxy) is 2. The molecule has 0 saturated carbocycles. The highest BCUT2D eigenvalue weighted by atomic mass is 16.5. The second-order valence-corrected chi connectivity index (χ2v) is 6.98. The van der Waals surface area contributed by atoms with Gasteiger partial charge >= 0.3 is 0 Å². The summed E-state index contributed by atoms with van der Waals surface area (Å²) < 4.78 is 11.5. The van der Waals surface area contributed by atoms with E-state index < -0.39 is 0 Å². The molecule has 3 heteroatoms. The van der Waals surface area contributed by atoms with E-state index in [1.807, 2.05) is 18.2 Å². The predicted octanol–water partition coefficient (Wildman–Crippen LogP) is 5.24. The average Bonchev–Trinajstić information content (AvgIpc) is 2.55. The van der Waals surface area contributed by atoms with Crippen LogP contribution in [0.4, 0.5) is 5.69 Å². The van der Waals surface area contributed by atoms with Gasteiger partial charge in [0.2, 0.25) is 0 Å². The highest BCUT2D eigenvalue weighted by Crippen LogP contribution is 2.27. The summed E-state index contributed by atoms with van der Waals surface area (Å²) >= 11 is 0. The molecular formula is C21H29NO2. The maximum absolute atomic E-state index is 6.15. The highest BCUT2D eigenvalue weighted by molar-refractivity contribution is 5.51. The van der Waals surface area contributed by atoms with E-state index in [0.29, 0.717) is 0 Å². The van der Waals surface area contributed by atoms with Gasteiger partial charge in [0.05, 0.1) is 7.11 Å². The van der Waals surface area contributed by atoms with Gasteiger partial charge in [-0.05, 0) is 49.1 Å². The third-order valence-corrected chi connectivity index (χ3v) is 4.19. The number of hydrogen-bond donors (Lipinski definition) is 0. The smallest absolute Gasteiger partial charge is 0.169 e. The van der Waals surface area contributed by atoms with Crippen LogP contribution in [0.5, 0.6) is 11.5 Å². The van der Waals surface area contributed by atoms with Crippen molar-refractivity contribution in [2.45, 2.75) is 46.3 Å². The SMILES string of the molecule is CCN(c1cccc(OC)c1)C(C)Oc1ccc(C(C)(C)C)cc1. The Morgan fingerprint density at radius 1 is 1.00 bits per heavy atom. The van der Waals surface area contributed by atoms with Gasteiger partial charge in [0.25, 0.3) is 0 Å². The van der Waals surface area contributed by atoms with Gasteiger partial charge in [-0.15, -0.1) is 0 Å². The largest absolute Gasteiger partial charge is 0.497 e. The average molecular weight is 327 g/mol. The zero-order valence-corrected chi connectivity index (χ0v) is 15.7. The maximum Gasteiger partial charge on any atom is 0.169 e. The molecule has 0 amide bonds. The fourth-order valence-electron chi connectivity index (χ4n) is 2.73. The van der Waals surface area contributed by atoms with Crippen LogP contribution in [0.15, 0.2) is 48.5 Å². The van der Waals surface area contributed by atoms with Crippen LogP contribution in [0.3, 0.4) is 0 Å². The van der Waals surface area contributed by atoms with E-state index in [4.69, 9.17) is 9.47 Å². The van der Waals surface area contributed by atoms with E-state index in [1.54, 1.807) is 7.11 Å². The van der Waals surface area contributed by atoms with Crippen LogP contribution in [0.1, 0.15) is 40.2 Å². The first-order chi connectivity index (χ1) is 11.3. The molecule has 2 aromatic rings. The molecule has 1 unspecified atom stereocenters. The Kier molecular flexibility index (Phi) is 5.76. The Morgan fingerprint density at radius 3 is 2.21 bits per heavy atom. The van der Waals surface area contributed by atoms with Crippen LogP contribution in [0.2, 0.25) is 0 Å². The number of methoxy groups -OCH3 is 1. The van der Waals surface area contributed by atoms with E-state index >= 15 is 0 Å². The first-order valence-corrected chi connectivity index (χ1v) is 8.53. The summed E-state index contributed by atoms with van der Waals surface area (Å²) in [6.07, 6.45) is -0.0670. The van der Waals surface area contributed by atoms with E-state index in [9.17, 15) is 0 Å². The number of rotatable bonds is 6. The normalized spacial score (nSPS) is 12.6. The Hall–Kier alpha value is -2.16. The molecule has 24 heavy (non-hydrogen) atoms. The summed E-state index contributed by atoms with van der Waals surface area (Å²) in [6, 6.07) is 16.5. The van der Waals surface area contributed by atoms with Crippen LogP contribution >= 0.6 is 0 Å². The minimum absolute atomic E-state index is 0.0670. The van der Waals surface area contributed by atoms with Crippen LogP contribution < -0.4 is 14.4 Å². The lowest BCUT2D eigenvalue weighted by Gasteiger charge is -2.30. The summed E-state index contributed by atoms with van der Waals surface area (Å²) in [5, 5.41) is 0. The van der Waals surface area contributed by atoms with Crippen molar-refractivity contribution in [3.05, 3.63) is 54.1 Å². The third-order valence-electron chi connectivity index (χ3n) is 4.19. The molecule has 0 aromatic heterocycles. The van der Waals surface area contributed by atoms with Crippen LogP contribution in [0.25, 0.3) is 0 Å². The third kappa shape index (κ3) is 4.44. The van der Waals surface area contributed by atoms with E-state index in [1.165, 1.54) is 5.56 Å². The lowest BCUT2D eigenvalue weighted by molar-refractivity contribution is 0.216. The Morgan fingerprint density at radius 2 is 1.67 bits per heavy atom. The summed E-state index contributed by atoms with van der Waals surface area (Å²) in [4.78, 5) is 2.21. The van der Waals surface area contributed by atoms with Crippen LogP contribution in [0, 0.1) is 0 Å². The van der Waals surface area contributed by atoms with Gasteiger partial charge in [-0.3, -0.25) is 0 Å². The van der Waals surface area contributed by atoms with Crippen molar-refractivity contribution in [2.75, 3.05) is 18.6 Å². The van der Waals surface area contributed by atoms with Crippen molar-refractivity contribution in [2.24, 2.45) is 0 Å². The van der Waals surface area contributed by atoms with E-state index in [-0.39, 0.29) is 11.6 Å². The minimum Gasteiger partial charge on any atom is -0.497 e. The topological polar surface area (TPSA) is 21.7 Å². The van der Waals surface area contributed by atoms with Gasteiger partial charge in [-0.1, -0.05) is 39.0 Å². The van der Waals surface area contributed by atoms with E-state index in [0.717, 1.165) is 23.7 Å². The molecule has 2 aromatic carbocycles. The monoisotopic (exact) mass is 327 g/mol. The summed E-state index contributed by atoms with van der Waals surface area (Å²) in [5.74, 6) is 1.74. The zero-order chi connectivity index (χ0) is 17.7. The minimum atomic E-state index is -0.0670. The predicted molar refractivity (Wildman–Crippen MR) is 101 cm³/mol. The molecule has 2 rings (SSSR count). The molecule has 0 saturated heterocycles. The molecule has 0 heterocycles. The molecule has 0 aliphatic rings. The molecule has 3 nitrogen and oxygen atoms in total. The number of anilines is 1. The standard InChI is InChI=1S/C21H29NO2/c1-7-22(18-9-8-10-20(15-18)23-6)16(2)24-19-13-11-17(12-14-19)21(3,4)5/h8-16H,7H2,1-6H3. The van der Waals surface area contributed by atoms with Crippen molar-refractivity contribution in [1.29, 1.82) is 0 Å². The molecule has 130 valence electrons. The van der Waals surface area contributed by atoms with Crippen LogP contribution in [-0.4, -0.2) is 19.9 Å². The Labute approximate surface area is 146 Å². The number of hydrogen-bond acceptors (Lipinski definition) is 3. The Balaban J connectivity index is 2.12. The van der Waals surface area contributed by atoms with Gasteiger partial charge in [-0.25, -0.2) is 0 Å². The van der Waals surface area contributed by atoms with Gasteiger partial charge in [0.1, 0.15) is 11.5 Å². The van der Waals surface area contributed by atoms with Crippen molar-refractivity contribution >= 4 is 5.69 Å². The second-order valence-electron chi connectivity index (χ2n) is 6.98. The Bertz CT molecular complexity index is 644. The molecule has 0 aliphatic carbocycles. The molecule has 0 fully saturated rings. The van der Waals surface area contributed by atoms with Crippen molar-refractivity contribution in [3.8, 4) is 11.5 Å². The quantitative estimate of drug-likeness (QED) is 0.677. The summed E-state index contributed by atoms with van der Waals surface area (Å²) in [5.41, 5.74) is 2.55. The van der Waals surface area contributed by atoms with Gasteiger partial charge in [0, 0.05) is 18.3 Å². The fraction of sp³-hybridized carbons (Fsp3) is 0.429. The van der Waals surface area contributed by atoms with Gasteiger partial charge in [-0.2, -0.15) is 0 Å². The number of benzene rings is 2. The molecule has 0 bridgehead atoms. The van der Waals surface area contributed by atoms with Gasteiger partial charge in [0.15, 0.2) is 6.23 Å². The number of nitrogens with zero attached hydrogens (tertiary/aromatic N) is 1. The summed E-state index contributed by atoms with van der Waals surface area (Å²) in [7, 11) is 1.69. The molecule has 0 N–H and O–H groups in total. The van der Waals surface area contributed by atoms with Crippen molar-refractivity contribution in [1.82, 2.24) is 0 Å². The zero-order valence-electron chi connectivity index (χ0n) is 15.7. The molecule has 0 radical (unpaired) electrons. The van der Waals surface area contributed by atoms with Crippen LogP contribution in [-0.2, 0) is 5.41 Å². The molecular weight excluding hydrogens is 298 g/mol. The molecule has 0 aliphatic heterocycles. The van der Waals surface area contributed by atoms with Gasteiger partial charge < -0.3 is 14.4 Å².